The molecule has 42 heavy (non-hydrogen) atoms. The molecule has 4 fully saturated rings. The summed E-state index contributed by atoms with van der Waals surface area (Å²) in [4.78, 5) is 2.36. The fourth-order valence-electron chi connectivity index (χ4n) is 9.40. The van der Waals surface area contributed by atoms with Gasteiger partial charge in [0.25, 0.3) is 0 Å². The Bertz CT molecular complexity index is 1250. The molecule has 5 unspecified atom stereocenters. The van der Waals surface area contributed by atoms with Crippen LogP contribution in [0.25, 0.3) is 0 Å². The highest BCUT2D eigenvalue weighted by molar-refractivity contribution is 5.53. The van der Waals surface area contributed by atoms with Crippen LogP contribution in [0, 0.1) is 29.1 Å². The predicted octanol–water partition coefficient (Wildman–Crippen LogP) is 6.67. The average Bonchev–Trinajstić information content (AvgIpc) is 3.32. The van der Waals surface area contributed by atoms with Gasteiger partial charge in [0, 0.05) is 23.1 Å². The van der Waals surface area contributed by atoms with Crippen molar-refractivity contribution in [2.45, 2.75) is 101 Å². The van der Waals surface area contributed by atoms with Gasteiger partial charge >= 0.3 is 0 Å². The van der Waals surface area contributed by atoms with Gasteiger partial charge in [-0.25, -0.2) is 0 Å². The predicted molar refractivity (Wildman–Crippen MR) is 168 cm³/mol. The Hall–Kier alpha value is -2.36. The molecule has 0 radical (unpaired) electrons. The van der Waals surface area contributed by atoms with Crippen LogP contribution < -0.4 is 4.90 Å². The lowest BCUT2D eigenvalue weighted by molar-refractivity contribution is -0.0699. The summed E-state index contributed by atoms with van der Waals surface area (Å²) in [5, 5.41) is 24.2. The molecular weight excluding hydrogens is 522 g/mol. The molecule has 226 valence electrons. The Labute approximate surface area is 252 Å². The molecule has 1 heterocycles. The van der Waals surface area contributed by atoms with Crippen LogP contribution in [0.5, 0.6) is 0 Å². The van der Waals surface area contributed by atoms with Crippen molar-refractivity contribution in [1.29, 1.82) is 0 Å². The highest BCUT2D eigenvalue weighted by atomic mass is 16.5. The number of nitrogens with zero attached hydrogens (tertiary/aromatic N) is 1. The lowest BCUT2D eigenvalue weighted by atomic mass is 9.50. The summed E-state index contributed by atoms with van der Waals surface area (Å²) >= 11 is 0. The molecule has 0 aromatic heterocycles. The topological polar surface area (TPSA) is 62.2 Å². The second-order valence-electron chi connectivity index (χ2n) is 13.7. The van der Waals surface area contributed by atoms with Crippen molar-refractivity contribution in [3.05, 3.63) is 66.4 Å². The van der Waals surface area contributed by atoms with Crippen LogP contribution >= 0.6 is 0 Å². The van der Waals surface area contributed by atoms with Crippen molar-refractivity contribution in [1.82, 2.24) is 0 Å². The number of hydrogen-bond donors (Lipinski definition) is 2. The summed E-state index contributed by atoms with van der Waals surface area (Å²) in [6.07, 6.45) is 14.6. The van der Waals surface area contributed by atoms with E-state index >= 15 is 0 Å². The fraction of sp³-hybridized carbons (Fsp3) is 0.622. The van der Waals surface area contributed by atoms with Crippen LogP contribution in [0.4, 0.5) is 5.69 Å². The molecule has 0 spiro atoms. The summed E-state index contributed by atoms with van der Waals surface area (Å²) in [7, 11) is 0. The lowest BCUT2D eigenvalue weighted by Gasteiger charge is -2.55. The highest BCUT2D eigenvalue weighted by Gasteiger charge is 2.63. The first kappa shape index (κ1) is 29.7. The van der Waals surface area contributed by atoms with E-state index in [1.807, 2.05) is 6.20 Å². The van der Waals surface area contributed by atoms with E-state index in [0.29, 0.717) is 51.2 Å². The molecule has 0 amide bonds. The minimum Gasteiger partial charge on any atom is -0.383 e. The van der Waals surface area contributed by atoms with Gasteiger partial charge in [-0.15, -0.1) is 0 Å². The third kappa shape index (κ3) is 5.09. The SMILES string of the molecule is C=CC#CC1(O)CCC2C3CC[C@@]4(O)COCCOCCC4=C3C(c3ccc(N(C=C)C4CCCCC4)cc3)CC21C. The van der Waals surface area contributed by atoms with E-state index in [-0.39, 0.29) is 17.3 Å². The number of benzene rings is 1. The van der Waals surface area contributed by atoms with Crippen LogP contribution in [-0.2, 0) is 9.47 Å². The maximum Gasteiger partial charge on any atom is 0.131 e. The van der Waals surface area contributed by atoms with Crippen molar-refractivity contribution < 1.29 is 19.7 Å². The summed E-state index contributed by atoms with van der Waals surface area (Å²) in [5.74, 6) is 6.92. The van der Waals surface area contributed by atoms with E-state index in [1.165, 1.54) is 48.9 Å². The van der Waals surface area contributed by atoms with Gasteiger partial charge in [-0.3, -0.25) is 0 Å². The average molecular weight is 572 g/mol. The molecule has 5 heteroatoms. The molecule has 1 saturated heterocycles. The Morgan fingerprint density at radius 3 is 2.45 bits per heavy atom. The van der Waals surface area contributed by atoms with Gasteiger partial charge in [-0.05, 0) is 98.7 Å². The Kier molecular flexibility index (Phi) is 8.46. The third-order valence-corrected chi connectivity index (χ3v) is 11.6. The van der Waals surface area contributed by atoms with Gasteiger partial charge in [0.05, 0.1) is 26.4 Å². The monoisotopic (exact) mass is 571 g/mol. The first-order valence-corrected chi connectivity index (χ1v) is 16.3. The Morgan fingerprint density at radius 1 is 0.952 bits per heavy atom. The van der Waals surface area contributed by atoms with Gasteiger partial charge in [-0.2, -0.15) is 0 Å². The van der Waals surface area contributed by atoms with E-state index in [4.69, 9.17) is 9.47 Å². The maximum atomic E-state index is 12.1. The third-order valence-electron chi connectivity index (χ3n) is 11.6. The second-order valence-corrected chi connectivity index (χ2v) is 13.7. The largest absolute Gasteiger partial charge is 0.383 e. The van der Waals surface area contributed by atoms with Crippen LogP contribution in [0.3, 0.4) is 0 Å². The number of anilines is 1. The Morgan fingerprint density at radius 2 is 1.71 bits per heavy atom. The molecular formula is C37H49NO4. The van der Waals surface area contributed by atoms with Crippen molar-refractivity contribution in [3.63, 3.8) is 0 Å². The van der Waals surface area contributed by atoms with Crippen molar-refractivity contribution in [2.75, 3.05) is 31.3 Å². The molecule has 4 aliphatic carbocycles. The van der Waals surface area contributed by atoms with Crippen molar-refractivity contribution in [2.24, 2.45) is 17.3 Å². The summed E-state index contributed by atoms with van der Waals surface area (Å²) in [6.45, 7) is 12.2. The zero-order chi connectivity index (χ0) is 29.4. The molecule has 6 rings (SSSR count). The molecule has 6 atom stereocenters. The van der Waals surface area contributed by atoms with Gasteiger partial charge in [-0.1, -0.05) is 68.9 Å². The zero-order valence-electron chi connectivity index (χ0n) is 25.5. The normalized spacial score (nSPS) is 37.1. The minimum absolute atomic E-state index is 0.0786. The summed E-state index contributed by atoms with van der Waals surface area (Å²) in [5.41, 5.74) is 2.55. The number of ether oxygens (including phenoxy) is 2. The van der Waals surface area contributed by atoms with Crippen molar-refractivity contribution >= 4 is 5.69 Å². The van der Waals surface area contributed by atoms with Crippen LogP contribution in [-0.4, -0.2) is 53.9 Å². The van der Waals surface area contributed by atoms with E-state index in [2.05, 4.69) is 61.1 Å². The molecule has 3 saturated carbocycles. The Balaban J connectivity index is 1.44. The quantitative estimate of drug-likeness (QED) is 0.312. The number of hydrogen-bond acceptors (Lipinski definition) is 5. The zero-order valence-corrected chi connectivity index (χ0v) is 25.5. The molecule has 5 nitrogen and oxygen atoms in total. The van der Waals surface area contributed by atoms with Gasteiger partial charge in [0.2, 0.25) is 0 Å². The minimum atomic E-state index is -1.06. The lowest BCUT2D eigenvalue weighted by Crippen LogP contribution is -2.53. The highest BCUT2D eigenvalue weighted by Crippen LogP contribution is 2.66. The fourth-order valence-corrected chi connectivity index (χ4v) is 9.40. The molecule has 1 aliphatic heterocycles. The molecule has 5 aliphatic rings. The van der Waals surface area contributed by atoms with Gasteiger partial charge in [0.1, 0.15) is 11.2 Å². The first-order valence-electron chi connectivity index (χ1n) is 16.3. The molecule has 0 bridgehead atoms. The van der Waals surface area contributed by atoms with Crippen LogP contribution in [0.1, 0.15) is 89.0 Å². The van der Waals surface area contributed by atoms with Gasteiger partial charge in [0.15, 0.2) is 0 Å². The summed E-state index contributed by atoms with van der Waals surface area (Å²) in [6, 6.07) is 9.58. The molecule has 1 aromatic carbocycles. The number of fused-ring (bicyclic) bond motifs is 4. The smallest absolute Gasteiger partial charge is 0.131 e. The van der Waals surface area contributed by atoms with E-state index in [1.54, 1.807) is 6.08 Å². The first-order chi connectivity index (χ1) is 20.3. The van der Waals surface area contributed by atoms with E-state index in [0.717, 1.165) is 31.3 Å². The van der Waals surface area contributed by atoms with E-state index < -0.39 is 11.2 Å². The number of rotatable bonds is 4. The standard InChI is InChI=1S/C37H49NO4/c1-4-6-19-37(40)21-17-32-30-16-20-36(39)26-42-24-23-41-22-18-33(36)34(30)31(25-35(32,37)3)27-12-14-29(15-13-27)38(5-2)28-10-8-7-9-11-28/h4-5,12-15,28,30-32,39-40H,1-2,7-11,16-18,20-26H2,3H3/t30?,31?,32?,35?,36-,37?/m1/s1. The van der Waals surface area contributed by atoms with Gasteiger partial charge < -0.3 is 24.6 Å². The number of aliphatic hydroxyl groups is 2. The van der Waals surface area contributed by atoms with Crippen LogP contribution in [0.15, 0.2) is 60.8 Å². The second kappa shape index (κ2) is 12.0. The maximum absolute atomic E-state index is 12.1. The van der Waals surface area contributed by atoms with Crippen molar-refractivity contribution in [3.8, 4) is 11.8 Å². The number of allylic oxidation sites excluding steroid dienone is 2. The molecule has 1 aromatic rings. The molecule has 2 N–H and O–H groups in total. The van der Waals surface area contributed by atoms with E-state index in [9.17, 15) is 10.2 Å². The van der Waals surface area contributed by atoms with Crippen LogP contribution in [0.2, 0.25) is 0 Å². The summed E-state index contributed by atoms with van der Waals surface area (Å²) < 4.78 is 11.9.